The van der Waals surface area contributed by atoms with E-state index in [1.54, 1.807) is 0 Å². The summed E-state index contributed by atoms with van der Waals surface area (Å²) in [5.41, 5.74) is 8.53. The van der Waals surface area contributed by atoms with E-state index in [4.69, 9.17) is 0 Å². The summed E-state index contributed by atoms with van der Waals surface area (Å²) in [6.45, 7) is 4.57. The predicted molar refractivity (Wildman–Crippen MR) is 98.1 cm³/mol. The predicted octanol–water partition coefficient (Wildman–Crippen LogP) is 5.95. The largest absolute Gasteiger partial charge is 0.337 e. The van der Waals surface area contributed by atoms with Crippen LogP contribution in [-0.2, 0) is 6.42 Å². The smallest absolute Gasteiger partial charge is 0.0576 e. The van der Waals surface area contributed by atoms with Crippen LogP contribution in [0.15, 0.2) is 60.7 Å². The number of rotatable bonds is 1. The second-order valence-electron chi connectivity index (χ2n) is 6.81. The zero-order valence-electron chi connectivity index (χ0n) is 13.5. The van der Waals surface area contributed by atoms with Crippen molar-refractivity contribution in [2.75, 3.05) is 0 Å². The Labute approximate surface area is 136 Å². The first kappa shape index (κ1) is 13.0. The van der Waals surface area contributed by atoms with Crippen LogP contribution in [0, 0.1) is 0 Å². The standard InChI is InChI=1S/C22H19N/c1-14(2)23-20-10-6-5-9-18(20)19-12-11-16-13-15-7-3-4-8-17(15)21(16)22(19)23/h3-12,14H,13H2,1-2H3. The monoisotopic (exact) mass is 297 g/mol. The fourth-order valence-corrected chi connectivity index (χ4v) is 4.24. The lowest BCUT2D eigenvalue weighted by Crippen LogP contribution is -2.01. The van der Waals surface area contributed by atoms with E-state index in [-0.39, 0.29) is 0 Å². The van der Waals surface area contributed by atoms with Crippen LogP contribution in [0.3, 0.4) is 0 Å². The minimum Gasteiger partial charge on any atom is -0.337 e. The van der Waals surface area contributed by atoms with E-state index in [0.29, 0.717) is 6.04 Å². The minimum atomic E-state index is 0.441. The van der Waals surface area contributed by atoms with Gasteiger partial charge in [0.2, 0.25) is 0 Å². The molecule has 1 nitrogen and oxygen atoms in total. The van der Waals surface area contributed by atoms with Gasteiger partial charge in [-0.15, -0.1) is 0 Å². The molecule has 0 radical (unpaired) electrons. The molecule has 23 heavy (non-hydrogen) atoms. The van der Waals surface area contributed by atoms with Crippen LogP contribution in [0.1, 0.15) is 31.0 Å². The van der Waals surface area contributed by atoms with Crippen molar-refractivity contribution in [3.8, 4) is 11.1 Å². The Morgan fingerprint density at radius 3 is 2.43 bits per heavy atom. The molecular formula is C22H19N. The number of hydrogen-bond donors (Lipinski definition) is 0. The molecule has 0 saturated heterocycles. The Hall–Kier alpha value is -2.54. The van der Waals surface area contributed by atoms with Crippen molar-refractivity contribution in [3.05, 3.63) is 71.8 Å². The summed E-state index contributed by atoms with van der Waals surface area (Å²) in [5.74, 6) is 0. The summed E-state index contributed by atoms with van der Waals surface area (Å²) in [7, 11) is 0. The number of aromatic nitrogens is 1. The van der Waals surface area contributed by atoms with Gasteiger partial charge in [-0.3, -0.25) is 0 Å². The van der Waals surface area contributed by atoms with E-state index < -0.39 is 0 Å². The van der Waals surface area contributed by atoms with Gasteiger partial charge in [-0.25, -0.2) is 0 Å². The lowest BCUT2D eigenvalue weighted by Gasteiger charge is -2.14. The number of nitrogens with zero attached hydrogens (tertiary/aromatic N) is 1. The van der Waals surface area contributed by atoms with Crippen molar-refractivity contribution in [1.29, 1.82) is 0 Å². The van der Waals surface area contributed by atoms with E-state index in [9.17, 15) is 0 Å². The van der Waals surface area contributed by atoms with Crippen LogP contribution in [0.2, 0.25) is 0 Å². The lowest BCUT2D eigenvalue weighted by molar-refractivity contribution is 0.642. The molecule has 0 N–H and O–H groups in total. The van der Waals surface area contributed by atoms with Crippen LogP contribution < -0.4 is 0 Å². The summed E-state index contributed by atoms with van der Waals surface area (Å²) >= 11 is 0. The molecule has 3 aromatic carbocycles. The highest BCUT2D eigenvalue weighted by Crippen LogP contribution is 2.44. The number of benzene rings is 3. The molecule has 1 aliphatic rings. The van der Waals surface area contributed by atoms with Gasteiger partial charge in [0.25, 0.3) is 0 Å². The first-order chi connectivity index (χ1) is 11.3. The molecule has 0 unspecified atom stereocenters. The van der Waals surface area contributed by atoms with Crippen molar-refractivity contribution in [2.45, 2.75) is 26.3 Å². The van der Waals surface area contributed by atoms with E-state index >= 15 is 0 Å². The maximum atomic E-state index is 2.52. The van der Waals surface area contributed by atoms with Crippen LogP contribution in [0.4, 0.5) is 0 Å². The Balaban J connectivity index is 2.04. The third-order valence-corrected chi connectivity index (χ3v) is 5.14. The maximum absolute atomic E-state index is 2.52. The molecule has 0 bridgehead atoms. The molecule has 1 heteroatoms. The third kappa shape index (κ3) is 1.62. The lowest BCUT2D eigenvalue weighted by atomic mass is 10.0. The van der Waals surface area contributed by atoms with Gasteiger partial charge in [-0.1, -0.05) is 54.6 Å². The maximum Gasteiger partial charge on any atom is 0.0576 e. The minimum absolute atomic E-state index is 0.441. The quantitative estimate of drug-likeness (QED) is 0.360. The van der Waals surface area contributed by atoms with Crippen LogP contribution in [-0.4, -0.2) is 4.57 Å². The van der Waals surface area contributed by atoms with Crippen molar-refractivity contribution >= 4 is 21.8 Å². The van der Waals surface area contributed by atoms with Crippen LogP contribution in [0.5, 0.6) is 0 Å². The van der Waals surface area contributed by atoms with Crippen molar-refractivity contribution in [1.82, 2.24) is 4.57 Å². The Morgan fingerprint density at radius 2 is 1.57 bits per heavy atom. The highest BCUT2D eigenvalue weighted by molar-refractivity contribution is 6.14. The van der Waals surface area contributed by atoms with E-state index in [1.807, 2.05) is 0 Å². The highest BCUT2D eigenvalue weighted by Gasteiger charge is 2.24. The average molecular weight is 297 g/mol. The molecule has 0 amide bonds. The van der Waals surface area contributed by atoms with Gasteiger partial charge in [0.05, 0.1) is 5.52 Å². The van der Waals surface area contributed by atoms with Crippen molar-refractivity contribution in [2.24, 2.45) is 0 Å². The molecule has 1 aliphatic carbocycles. The highest BCUT2D eigenvalue weighted by atomic mass is 15.0. The molecule has 1 heterocycles. The molecular weight excluding hydrogens is 278 g/mol. The van der Waals surface area contributed by atoms with E-state index in [2.05, 4.69) is 79.1 Å². The SMILES string of the molecule is CC(C)n1c2ccccc2c2ccc3c(c21)-c1ccccc1C3. The van der Waals surface area contributed by atoms with Crippen molar-refractivity contribution in [3.63, 3.8) is 0 Å². The number of hydrogen-bond acceptors (Lipinski definition) is 0. The molecule has 0 saturated carbocycles. The van der Waals surface area contributed by atoms with Gasteiger partial charge in [-0.05, 0) is 43.0 Å². The van der Waals surface area contributed by atoms with Crippen LogP contribution in [0.25, 0.3) is 32.9 Å². The summed E-state index contributed by atoms with van der Waals surface area (Å²) in [6.07, 6.45) is 1.06. The first-order valence-corrected chi connectivity index (χ1v) is 8.38. The summed E-state index contributed by atoms with van der Waals surface area (Å²) in [4.78, 5) is 0. The zero-order chi connectivity index (χ0) is 15.6. The molecule has 1 aromatic heterocycles. The normalized spacial score (nSPS) is 13.0. The summed E-state index contributed by atoms with van der Waals surface area (Å²) < 4.78 is 2.52. The third-order valence-electron chi connectivity index (χ3n) is 5.14. The second-order valence-corrected chi connectivity index (χ2v) is 6.81. The van der Waals surface area contributed by atoms with Gasteiger partial charge in [0, 0.05) is 27.9 Å². The topological polar surface area (TPSA) is 4.93 Å². The Kier molecular flexibility index (Phi) is 2.52. The second kappa shape index (κ2) is 4.48. The fraction of sp³-hybridized carbons (Fsp3) is 0.182. The van der Waals surface area contributed by atoms with Crippen molar-refractivity contribution < 1.29 is 0 Å². The van der Waals surface area contributed by atoms with Gasteiger partial charge >= 0.3 is 0 Å². The number of para-hydroxylation sites is 1. The molecule has 5 rings (SSSR count). The zero-order valence-corrected chi connectivity index (χ0v) is 13.5. The molecule has 112 valence electrons. The van der Waals surface area contributed by atoms with Gasteiger partial charge < -0.3 is 4.57 Å². The van der Waals surface area contributed by atoms with Gasteiger partial charge in [-0.2, -0.15) is 0 Å². The molecule has 0 spiro atoms. The fourth-order valence-electron chi connectivity index (χ4n) is 4.24. The molecule has 0 atom stereocenters. The van der Waals surface area contributed by atoms with Gasteiger partial charge in [0.1, 0.15) is 0 Å². The molecule has 0 aliphatic heterocycles. The van der Waals surface area contributed by atoms with Crippen LogP contribution >= 0.6 is 0 Å². The Morgan fingerprint density at radius 1 is 0.783 bits per heavy atom. The average Bonchev–Trinajstić information content (AvgIpc) is 3.10. The summed E-state index contributed by atoms with van der Waals surface area (Å²) in [5, 5.41) is 2.74. The first-order valence-electron chi connectivity index (χ1n) is 8.38. The van der Waals surface area contributed by atoms with E-state index in [0.717, 1.165) is 6.42 Å². The summed E-state index contributed by atoms with van der Waals surface area (Å²) in [6, 6.07) is 22.8. The molecule has 4 aromatic rings. The van der Waals surface area contributed by atoms with E-state index in [1.165, 1.54) is 44.1 Å². The molecule has 0 fully saturated rings. The Bertz CT molecular complexity index is 1070. The number of fused-ring (bicyclic) bond motifs is 7. The van der Waals surface area contributed by atoms with Gasteiger partial charge in [0.15, 0.2) is 0 Å².